The first-order valence-electron chi connectivity index (χ1n) is 10.8. The van der Waals surface area contributed by atoms with Gasteiger partial charge in [0.05, 0.1) is 5.56 Å². The van der Waals surface area contributed by atoms with Crippen LogP contribution in [0.3, 0.4) is 0 Å². The zero-order valence-electron chi connectivity index (χ0n) is 18.5. The highest BCUT2D eigenvalue weighted by atomic mass is 19.1. The summed E-state index contributed by atoms with van der Waals surface area (Å²) in [4.78, 5) is 39.9. The number of nitrogens with one attached hydrogen (secondary N) is 2. The van der Waals surface area contributed by atoms with Crippen molar-refractivity contribution in [2.75, 3.05) is 6.54 Å². The average molecular weight is 448 g/mol. The predicted molar refractivity (Wildman–Crippen MR) is 121 cm³/mol. The summed E-state index contributed by atoms with van der Waals surface area (Å²) in [5.74, 6) is -1.45. The lowest BCUT2D eigenvalue weighted by Crippen LogP contribution is -2.51. The molecule has 1 aliphatic heterocycles. The van der Waals surface area contributed by atoms with Crippen molar-refractivity contribution in [3.63, 3.8) is 0 Å². The van der Waals surface area contributed by atoms with Crippen LogP contribution >= 0.6 is 0 Å². The number of amides is 3. The maximum Gasteiger partial charge on any atom is 0.271 e. The molecule has 0 bridgehead atoms. The number of likely N-dealkylation sites (tertiary alicyclic amines) is 1. The highest BCUT2D eigenvalue weighted by Gasteiger charge is 2.34. The van der Waals surface area contributed by atoms with Gasteiger partial charge in [0, 0.05) is 29.2 Å². The molecular weight excluding hydrogens is 423 g/mol. The third kappa shape index (κ3) is 4.50. The van der Waals surface area contributed by atoms with Crippen LogP contribution < -0.4 is 10.9 Å². The molecule has 1 fully saturated rings. The quantitative estimate of drug-likeness (QED) is 0.601. The van der Waals surface area contributed by atoms with Crippen LogP contribution in [0, 0.1) is 19.7 Å². The average Bonchev–Trinajstić information content (AvgIpc) is 3.43. The molecule has 2 aromatic carbocycles. The van der Waals surface area contributed by atoms with Crippen molar-refractivity contribution < 1.29 is 18.8 Å². The largest absolute Gasteiger partial charge is 0.327 e. The van der Waals surface area contributed by atoms with Gasteiger partial charge in [-0.05, 0) is 69.2 Å². The van der Waals surface area contributed by atoms with Crippen LogP contribution in [0.4, 0.5) is 4.39 Å². The second-order valence-electron chi connectivity index (χ2n) is 8.06. The lowest BCUT2D eigenvalue weighted by atomic mass is 10.1. The van der Waals surface area contributed by atoms with Crippen molar-refractivity contribution in [3.05, 3.63) is 89.0 Å². The molecule has 4 rings (SSSR count). The van der Waals surface area contributed by atoms with Gasteiger partial charge in [-0.3, -0.25) is 25.2 Å². The fourth-order valence-electron chi connectivity index (χ4n) is 4.28. The van der Waals surface area contributed by atoms with Gasteiger partial charge in [-0.25, -0.2) is 4.39 Å². The monoisotopic (exact) mass is 448 g/mol. The van der Waals surface area contributed by atoms with Crippen LogP contribution in [0.1, 0.15) is 44.9 Å². The van der Waals surface area contributed by atoms with E-state index in [-0.39, 0.29) is 11.7 Å². The Kier molecular flexibility index (Phi) is 6.26. The third-order valence-corrected chi connectivity index (χ3v) is 5.90. The van der Waals surface area contributed by atoms with Crippen LogP contribution in [0.5, 0.6) is 0 Å². The molecule has 1 aromatic heterocycles. The van der Waals surface area contributed by atoms with Gasteiger partial charge in [0.2, 0.25) is 0 Å². The molecule has 0 saturated carbocycles. The minimum absolute atomic E-state index is 0.206. The van der Waals surface area contributed by atoms with E-state index in [9.17, 15) is 18.8 Å². The molecule has 1 aliphatic rings. The van der Waals surface area contributed by atoms with Crippen LogP contribution in [0.2, 0.25) is 0 Å². The lowest BCUT2D eigenvalue weighted by molar-refractivity contribution is -0.125. The molecule has 7 nitrogen and oxygen atoms in total. The second-order valence-corrected chi connectivity index (χ2v) is 8.06. The van der Waals surface area contributed by atoms with Gasteiger partial charge in [0.25, 0.3) is 17.7 Å². The topological polar surface area (TPSA) is 83.4 Å². The standard InChI is InChI=1S/C25H25FN4O3/c1-16-15-21(17(2)30(16)20-12-10-19(26)11-13-20)23(31)27-28-24(32)22-9-6-14-29(22)25(33)18-7-4-3-5-8-18/h3-5,7-8,10-13,15,22H,6,9,14H2,1-2H3,(H,27,31)(H,28,32)/t22-/m0/s1. The molecule has 0 radical (unpaired) electrons. The number of halogens is 1. The van der Waals surface area contributed by atoms with Crippen LogP contribution in [0.15, 0.2) is 60.7 Å². The molecule has 1 saturated heterocycles. The number of aryl methyl sites for hydroxylation is 1. The maximum absolute atomic E-state index is 13.3. The van der Waals surface area contributed by atoms with Crippen LogP contribution in [-0.4, -0.2) is 39.8 Å². The molecular formula is C25H25FN4O3. The summed E-state index contributed by atoms with van der Waals surface area (Å²) in [6.07, 6.45) is 1.24. The molecule has 170 valence electrons. The SMILES string of the molecule is Cc1cc(C(=O)NNC(=O)[C@@H]2CCCN2C(=O)c2ccccc2)c(C)n1-c1ccc(F)cc1. The first-order chi connectivity index (χ1) is 15.9. The molecule has 33 heavy (non-hydrogen) atoms. The minimum Gasteiger partial charge on any atom is -0.327 e. The zero-order valence-corrected chi connectivity index (χ0v) is 18.5. The Balaban J connectivity index is 1.43. The Labute approximate surface area is 191 Å². The van der Waals surface area contributed by atoms with Gasteiger partial charge in [-0.15, -0.1) is 0 Å². The van der Waals surface area contributed by atoms with Crippen molar-refractivity contribution in [1.29, 1.82) is 0 Å². The summed E-state index contributed by atoms with van der Waals surface area (Å²) in [5.41, 5.74) is 8.04. The molecule has 2 N–H and O–H groups in total. The van der Waals surface area contributed by atoms with Gasteiger partial charge in [0.1, 0.15) is 11.9 Å². The maximum atomic E-state index is 13.3. The van der Waals surface area contributed by atoms with Gasteiger partial charge in [-0.2, -0.15) is 0 Å². The van der Waals surface area contributed by atoms with E-state index in [1.54, 1.807) is 49.4 Å². The van der Waals surface area contributed by atoms with Crippen LogP contribution in [-0.2, 0) is 4.79 Å². The molecule has 1 atom stereocenters. The Bertz CT molecular complexity index is 1190. The predicted octanol–water partition coefficient (Wildman–Crippen LogP) is 3.30. The number of hydrogen-bond acceptors (Lipinski definition) is 3. The van der Waals surface area contributed by atoms with E-state index in [4.69, 9.17) is 0 Å². The summed E-state index contributed by atoms with van der Waals surface area (Å²) in [6.45, 7) is 4.11. The third-order valence-electron chi connectivity index (χ3n) is 5.90. The second kappa shape index (κ2) is 9.28. The zero-order chi connectivity index (χ0) is 23.5. The number of benzene rings is 2. The highest BCUT2D eigenvalue weighted by Crippen LogP contribution is 2.22. The first kappa shape index (κ1) is 22.3. The molecule has 3 aromatic rings. The molecule has 0 spiro atoms. The van der Waals surface area contributed by atoms with Crippen molar-refractivity contribution in [2.24, 2.45) is 0 Å². The summed E-state index contributed by atoms with van der Waals surface area (Å²) in [7, 11) is 0. The fourth-order valence-corrected chi connectivity index (χ4v) is 4.28. The number of aromatic nitrogens is 1. The number of hydrogen-bond donors (Lipinski definition) is 2. The minimum atomic E-state index is -0.648. The Morgan fingerprint density at radius 1 is 0.970 bits per heavy atom. The van der Waals surface area contributed by atoms with E-state index in [0.29, 0.717) is 36.2 Å². The van der Waals surface area contributed by atoms with E-state index in [0.717, 1.165) is 11.4 Å². The van der Waals surface area contributed by atoms with Crippen molar-refractivity contribution in [2.45, 2.75) is 32.7 Å². The van der Waals surface area contributed by atoms with Gasteiger partial charge in [-0.1, -0.05) is 18.2 Å². The molecule has 3 amide bonds. The van der Waals surface area contributed by atoms with Crippen LogP contribution in [0.25, 0.3) is 5.69 Å². The molecule has 2 heterocycles. The normalized spacial score (nSPS) is 15.4. The summed E-state index contributed by atoms with van der Waals surface area (Å²) < 4.78 is 15.1. The van der Waals surface area contributed by atoms with Gasteiger partial charge >= 0.3 is 0 Å². The van der Waals surface area contributed by atoms with Crippen molar-refractivity contribution >= 4 is 17.7 Å². The Hall–Kier alpha value is -3.94. The number of hydrazine groups is 1. The fraction of sp³-hybridized carbons (Fsp3) is 0.240. The van der Waals surface area contributed by atoms with Crippen molar-refractivity contribution in [3.8, 4) is 5.69 Å². The lowest BCUT2D eigenvalue weighted by Gasteiger charge is -2.24. The Morgan fingerprint density at radius 3 is 2.36 bits per heavy atom. The summed E-state index contributed by atoms with van der Waals surface area (Å²) in [6, 6.07) is 15.9. The summed E-state index contributed by atoms with van der Waals surface area (Å²) >= 11 is 0. The van der Waals surface area contributed by atoms with E-state index in [1.807, 2.05) is 17.6 Å². The highest BCUT2D eigenvalue weighted by molar-refractivity contribution is 6.00. The van der Waals surface area contributed by atoms with E-state index >= 15 is 0 Å². The van der Waals surface area contributed by atoms with E-state index in [1.165, 1.54) is 17.0 Å². The Morgan fingerprint density at radius 2 is 1.67 bits per heavy atom. The number of rotatable bonds is 4. The number of carbonyl (C=O) groups is 3. The van der Waals surface area contributed by atoms with Gasteiger partial charge in [0.15, 0.2) is 0 Å². The smallest absolute Gasteiger partial charge is 0.271 e. The van der Waals surface area contributed by atoms with E-state index < -0.39 is 17.9 Å². The number of carbonyl (C=O) groups excluding carboxylic acids is 3. The molecule has 0 unspecified atom stereocenters. The van der Waals surface area contributed by atoms with E-state index in [2.05, 4.69) is 10.9 Å². The summed E-state index contributed by atoms with van der Waals surface area (Å²) in [5, 5.41) is 0. The molecule has 8 heteroatoms. The first-order valence-corrected chi connectivity index (χ1v) is 10.8. The number of nitrogens with zero attached hydrogens (tertiary/aromatic N) is 2. The van der Waals surface area contributed by atoms with Gasteiger partial charge < -0.3 is 9.47 Å². The van der Waals surface area contributed by atoms with Crippen molar-refractivity contribution in [1.82, 2.24) is 20.3 Å². The molecule has 0 aliphatic carbocycles.